The summed E-state index contributed by atoms with van der Waals surface area (Å²) in [6.45, 7) is 4.00. The fourth-order valence-electron chi connectivity index (χ4n) is 2.61. The molecule has 0 N–H and O–H groups in total. The molecule has 0 aromatic heterocycles. The first-order chi connectivity index (χ1) is 9.07. The first kappa shape index (κ1) is 13.6. The molecule has 1 fully saturated rings. The van der Waals surface area contributed by atoms with Gasteiger partial charge in [-0.05, 0) is 38.8 Å². The first-order valence-corrected chi connectivity index (χ1v) is 6.74. The Kier molecular flexibility index (Phi) is 3.89. The fourth-order valence-corrected chi connectivity index (χ4v) is 2.61. The average Bonchev–Trinajstić information content (AvgIpc) is 2.69. The second kappa shape index (κ2) is 5.43. The van der Waals surface area contributed by atoms with Gasteiger partial charge in [0.2, 0.25) is 0 Å². The van der Waals surface area contributed by atoms with Crippen LogP contribution in [0.1, 0.15) is 26.7 Å². The van der Waals surface area contributed by atoms with Gasteiger partial charge in [0.1, 0.15) is 0 Å². The zero-order chi connectivity index (χ0) is 13.9. The van der Waals surface area contributed by atoms with Crippen molar-refractivity contribution in [2.45, 2.75) is 26.7 Å². The minimum atomic E-state index is -0.307. The van der Waals surface area contributed by atoms with Gasteiger partial charge in [0.15, 0.2) is 5.78 Å². The van der Waals surface area contributed by atoms with Crippen molar-refractivity contribution in [3.63, 3.8) is 0 Å². The molecule has 100 valence electrons. The number of carbonyl (C=O) groups is 1. The maximum absolute atomic E-state index is 12.4. The van der Waals surface area contributed by atoms with E-state index in [1.165, 1.54) is 0 Å². The van der Waals surface area contributed by atoms with E-state index in [9.17, 15) is 4.79 Å². The Morgan fingerprint density at radius 3 is 2.58 bits per heavy atom. The topological polar surface area (TPSA) is 20.3 Å². The van der Waals surface area contributed by atoms with Crippen molar-refractivity contribution in [2.24, 2.45) is 5.41 Å². The van der Waals surface area contributed by atoms with E-state index >= 15 is 0 Å². The fraction of sp³-hybridized carbons (Fsp3) is 0.353. The number of rotatable bonds is 3. The number of para-hydroxylation sites is 1. The van der Waals surface area contributed by atoms with E-state index in [2.05, 4.69) is 0 Å². The van der Waals surface area contributed by atoms with Crippen LogP contribution >= 0.6 is 0 Å². The molecule has 2 rings (SSSR count). The Morgan fingerprint density at radius 1 is 1.26 bits per heavy atom. The number of Topliss-reactive ketones (excluding diaryl/α,β-unsaturated/α-hetero) is 1. The van der Waals surface area contributed by atoms with Crippen LogP contribution in [0.4, 0.5) is 5.69 Å². The van der Waals surface area contributed by atoms with Crippen LogP contribution in [0.25, 0.3) is 0 Å². The lowest BCUT2D eigenvalue weighted by Gasteiger charge is -2.17. The highest BCUT2D eigenvalue weighted by molar-refractivity contribution is 6.03. The summed E-state index contributed by atoms with van der Waals surface area (Å²) in [5.41, 5.74) is 1.72. The molecule has 1 aliphatic carbocycles. The van der Waals surface area contributed by atoms with Crippen LogP contribution < -0.4 is 4.90 Å². The van der Waals surface area contributed by atoms with E-state index in [0.717, 1.165) is 24.1 Å². The van der Waals surface area contributed by atoms with Gasteiger partial charge in [0.05, 0.1) is 0 Å². The van der Waals surface area contributed by atoms with Gasteiger partial charge < -0.3 is 4.90 Å². The molecule has 1 unspecified atom stereocenters. The van der Waals surface area contributed by atoms with Gasteiger partial charge in [-0.2, -0.15) is 0 Å². The summed E-state index contributed by atoms with van der Waals surface area (Å²) in [5, 5.41) is 0. The average molecular weight is 255 g/mol. The van der Waals surface area contributed by atoms with Crippen LogP contribution in [0.15, 0.2) is 54.3 Å². The molecule has 19 heavy (non-hydrogen) atoms. The quantitative estimate of drug-likeness (QED) is 0.602. The summed E-state index contributed by atoms with van der Waals surface area (Å²) >= 11 is 0. The van der Waals surface area contributed by atoms with Crippen LogP contribution in [-0.2, 0) is 4.79 Å². The molecule has 1 aliphatic rings. The Morgan fingerprint density at radius 2 is 1.95 bits per heavy atom. The number of nitrogens with zero attached hydrogens (tertiary/aromatic N) is 1. The third kappa shape index (κ3) is 2.78. The second-order valence-electron chi connectivity index (χ2n) is 5.35. The van der Waals surface area contributed by atoms with Crippen molar-refractivity contribution in [1.29, 1.82) is 0 Å². The lowest BCUT2D eigenvalue weighted by molar-refractivity contribution is -0.120. The molecule has 0 aliphatic heterocycles. The van der Waals surface area contributed by atoms with Crippen LogP contribution in [0.3, 0.4) is 0 Å². The van der Waals surface area contributed by atoms with Crippen molar-refractivity contribution in [2.75, 3.05) is 11.9 Å². The first-order valence-electron chi connectivity index (χ1n) is 6.74. The number of hydrogen-bond acceptors (Lipinski definition) is 2. The number of allylic oxidation sites excluding steroid dienone is 3. The largest absolute Gasteiger partial charge is 0.351 e. The summed E-state index contributed by atoms with van der Waals surface area (Å²) in [4.78, 5) is 14.5. The predicted octanol–water partition coefficient (Wildman–Crippen LogP) is 3.95. The van der Waals surface area contributed by atoms with Crippen molar-refractivity contribution in [3.8, 4) is 0 Å². The number of carbonyl (C=O) groups excluding carboxylic acids is 1. The van der Waals surface area contributed by atoms with Gasteiger partial charge in [0.25, 0.3) is 0 Å². The highest BCUT2D eigenvalue weighted by atomic mass is 16.1. The maximum atomic E-state index is 12.4. The zero-order valence-corrected chi connectivity index (χ0v) is 11.9. The van der Waals surface area contributed by atoms with E-state index < -0.39 is 0 Å². The molecule has 1 aromatic rings. The van der Waals surface area contributed by atoms with Crippen molar-refractivity contribution < 1.29 is 4.79 Å². The third-order valence-corrected chi connectivity index (χ3v) is 3.77. The predicted molar refractivity (Wildman–Crippen MR) is 80.1 cm³/mol. The van der Waals surface area contributed by atoms with Crippen LogP contribution in [0, 0.1) is 5.41 Å². The van der Waals surface area contributed by atoms with E-state index in [0.29, 0.717) is 0 Å². The zero-order valence-electron chi connectivity index (χ0n) is 11.9. The minimum Gasteiger partial charge on any atom is -0.351 e. The SMILES string of the molecule is CC=CC1(C)CCC(=CN(C)c2ccccc2)C1=O. The Hall–Kier alpha value is -1.83. The van der Waals surface area contributed by atoms with Crippen molar-refractivity contribution >= 4 is 11.5 Å². The third-order valence-electron chi connectivity index (χ3n) is 3.77. The van der Waals surface area contributed by atoms with E-state index in [1.807, 2.05) is 74.5 Å². The number of benzene rings is 1. The molecule has 0 bridgehead atoms. The van der Waals surface area contributed by atoms with Crippen LogP contribution in [0.2, 0.25) is 0 Å². The molecule has 0 saturated heterocycles. The van der Waals surface area contributed by atoms with Crippen molar-refractivity contribution in [1.82, 2.24) is 0 Å². The van der Waals surface area contributed by atoms with Gasteiger partial charge >= 0.3 is 0 Å². The Labute approximate surface area is 115 Å². The second-order valence-corrected chi connectivity index (χ2v) is 5.35. The normalized spacial score (nSPS) is 25.4. The molecule has 0 radical (unpaired) electrons. The molecular formula is C17H21NO. The molecule has 1 atom stereocenters. The number of anilines is 1. The summed E-state index contributed by atoms with van der Waals surface area (Å²) in [6, 6.07) is 10.1. The van der Waals surface area contributed by atoms with E-state index in [1.54, 1.807) is 0 Å². The molecule has 0 heterocycles. The molecule has 1 saturated carbocycles. The monoisotopic (exact) mass is 255 g/mol. The summed E-state index contributed by atoms with van der Waals surface area (Å²) < 4.78 is 0. The summed E-state index contributed by atoms with van der Waals surface area (Å²) in [7, 11) is 1.99. The molecule has 0 amide bonds. The van der Waals surface area contributed by atoms with Gasteiger partial charge in [-0.25, -0.2) is 0 Å². The van der Waals surface area contributed by atoms with Crippen LogP contribution in [-0.4, -0.2) is 12.8 Å². The highest BCUT2D eigenvalue weighted by Gasteiger charge is 2.38. The smallest absolute Gasteiger partial charge is 0.169 e. The Balaban J connectivity index is 2.20. The maximum Gasteiger partial charge on any atom is 0.169 e. The lowest BCUT2D eigenvalue weighted by Crippen LogP contribution is -2.20. The van der Waals surface area contributed by atoms with Gasteiger partial charge in [-0.15, -0.1) is 0 Å². The molecule has 2 nitrogen and oxygen atoms in total. The van der Waals surface area contributed by atoms with E-state index in [-0.39, 0.29) is 11.2 Å². The molecule has 2 heteroatoms. The highest BCUT2D eigenvalue weighted by Crippen LogP contribution is 2.39. The standard InChI is InChI=1S/C17H21NO/c1-4-11-17(2)12-10-14(16(17)19)13-18(3)15-8-6-5-7-9-15/h4-9,11,13H,10,12H2,1-3H3. The Bertz CT molecular complexity index is 515. The summed E-state index contributed by atoms with van der Waals surface area (Å²) in [6.07, 6.45) is 7.74. The van der Waals surface area contributed by atoms with Crippen LogP contribution in [0.5, 0.6) is 0 Å². The number of ketones is 1. The van der Waals surface area contributed by atoms with Gasteiger partial charge in [0, 0.05) is 29.9 Å². The molecule has 0 spiro atoms. The molecular weight excluding hydrogens is 234 g/mol. The lowest BCUT2D eigenvalue weighted by atomic mass is 9.87. The van der Waals surface area contributed by atoms with E-state index in [4.69, 9.17) is 0 Å². The summed E-state index contributed by atoms with van der Waals surface area (Å²) in [5.74, 6) is 0.258. The van der Waals surface area contributed by atoms with Gasteiger partial charge in [-0.1, -0.05) is 30.4 Å². The number of hydrogen-bond donors (Lipinski definition) is 0. The minimum absolute atomic E-state index is 0.258. The van der Waals surface area contributed by atoms with Crippen molar-refractivity contribution in [3.05, 3.63) is 54.3 Å². The molecule has 1 aromatic carbocycles. The van der Waals surface area contributed by atoms with Gasteiger partial charge in [-0.3, -0.25) is 4.79 Å².